The first-order valence-corrected chi connectivity index (χ1v) is 9.11. The van der Waals surface area contributed by atoms with Crippen LogP contribution in [0.4, 0.5) is 0 Å². The van der Waals surface area contributed by atoms with Gasteiger partial charge in [0.25, 0.3) is 0 Å². The van der Waals surface area contributed by atoms with E-state index in [1.54, 1.807) is 0 Å². The molecule has 62 valence electrons. The number of hydrogen-bond donors (Lipinski definition) is 0. The standard InChI is InChI=1S/C5H4Cl4P2/c6-10(7)4-2-1-3-5(4)11(8)9/h1-4H. The van der Waals surface area contributed by atoms with E-state index in [4.69, 9.17) is 45.0 Å². The zero-order chi connectivity index (χ0) is 8.43. The van der Waals surface area contributed by atoms with E-state index in [1.165, 1.54) is 0 Å². The first-order chi connectivity index (χ1) is 5.13. The van der Waals surface area contributed by atoms with E-state index in [-0.39, 0.29) is 5.66 Å². The number of rotatable bonds is 2. The summed E-state index contributed by atoms with van der Waals surface area (Å²) in [4.78, 5) is 0. The minimum absolute atomic E-state index is 0.0643. The van der Waals surface area contributed by atoms with Crippen LogP contribution in [0.15, 0.2) is 23.5 Å². The van der Waals surface area contributed by atoms with Crippen LogP contribution in [0.3, 0.4) is 0 Å². The quantitative estimate of drug-likeness (QED) is 0.589. The van der Waals surface area contributed by atoms with E-state index in [2.05, 4.69) is 0 Å². The molecular formula is C5H4Cl4P2. The highest BCUT2D eigenvalue weighted by atomic mass is 35.9. The maximum atomic E-state index is 5.75. The van der Waals surface area contributed by atoms with Gasteiger partial charge in [0.2, 0.25) is 0 Å². The molecule has 0 spiro atoms. The lowest BCUT2D eigenvalue weighted by Gasteiger charge is -2.13. The highest BCUT2D eigenvalue weighted by molar-refractivity contribution is 8.09. The molecule has 0 amide bonds. The monoisotopic (exact) mass is 266 g/mol. The number of hydrogen-bond acceptors (Lipinski definition) is 0. The van der Waals surface area contributed by atoms with Crippen LogP contribution in [-0.2, 0) is 0 Å². The van der Waals surface area contributed by atoms with Gasteiger partial charge >= 0.3 is 0 Å². The first kappa shape index (κ1) is 10.6. The Hall–Kier alpha value is 1.50. The van der Waals surface area contributed by atoms with Crippen LogP contribution in [0.2, 0.25) is 0 Å². The van der Waals surface area contributed by atoms with Crippen molar-refractivity contribution in [3.8, 4) is 0 Å². The first-order valence-electron chi connectivity index (χ1n) is 2.74. The molecule has 0 nitrogen and oxygen atoms in total. The molecule has 0 aliphatic heterocycles. The summed E-state index contributed by atoms with van der Waals surface area (Å²) in [7, 11) is 0. The fraction of sp³-hybridized carbons (Fsp3) is 0.200. The lowest BCUT2D eigenvalue weighted by atomic mass is 10.5. The second-order valence-electron chi connectivity index (χ2n) is 1.91. The van der Waals surface area contributed by atoms with Crippen molar-refractivity contribution in [2.45, 2.75) is 5.66 Å². The summed E-state index contributed by atoms with van der Waals surface area (Å²) >= 11 is 23.0. The molecule has 0 radical (unpaired) electrons. The second-order valence-corrected chi connectivity index (χ2v) is 9.22. The van der Waals surface area contributed by atoms with Crippen molar-refractivity contribution in [1.29, 1.82) is 0 Å². The lowest BCUT2D eigenvalue weighted by molar-refractivity contribution is 1.43. The van der Waals surface area contributed by atoms with Crippen molar-refractivity contribution < 1.29 is 0 Å². The zero-order valence-corrected chi connectivity index (χ0v) is 10.0. The van der Waals surface area contributed by atoms with Crippen LogP contribution in [0.25, 0.3) is 0 Å². The summed E-state index contributed by atoms with van der Waals surface area (Å²) in [5.74, 6) is 0. The Bertz CT molecular complexity index is 199. The van der Waals surface area contributed by atoms with E-state index >= 15 is 0 Å². The molecule has 6 heteroatoms. The third-order valence-corrected chi connectivity index (χ3v) is 5.59. The van der Waals surface area contributed by atoms with Crippen LogP contribution in [0, 0.1) is 0 Å². The van der Waals surface area contributed by atoms with Gasteiger partial charge in [0.15, 0.2) is 0 Å². The molecule has 0 saturated heterocycles. The van der Waals surface area contributed by atoms with Gasteiger partial charge in [-0.3, -0.25) is 0 Å². The summed E-state index contributed by atoms with van der Waals surface area (Å²) in [6, 6.07) is 0. The smallest absolute Gasteiger partial charge is 0.0771 e. The third kappa shape index (κ3) is 2.73. The average Bonchev–Trinajstić information content (AvgIpc) is 2.32. The maximum absolute atomic E-state index is 5.75. The van der Waals surface area contributed by atoms with E-state index in [9.17, 15) is 0 Å². The Morgan fingerprint density at radius 1 is 1.18 bits per heavy atom. The van der Waals surface area contributed by atoms with Crippen molar-refractivity contribution in [3.05, 3.63) is 23.5 Å². The Morgan fingerprint density at radius 3 is 2.18 bits per heavy atom. The largest absolute Gasteiger partial charge is 0.113 e. The molecule has 0 fully saturated rings. The Morgan fingerprint density at radius 2 is 1.82 bits per heavy atom. The fourth-order valence-electron chi connectivity index (χ4n) is 0.778. The van der Waals surface area contributed by atoms with Gasteiger partial charge in [0.05, 0.1) is 12.3 Å². The van der Waals surface area contributed by atoms with E-state index < -0.39 is 13.3 Å². The molecule has 1 rings (SSSR count). The van der Waals surface area contributed by atoms with Crippen LogP contribution >= 0.6 is 58.2 Å². The summed E-state index contributed by atoms with van der Waals surface area (Å²) in [6.07, 6.45) is 5.71. The normalized spacial score (nSPS) is 23.5. The highest BCUT2D eigenvalue weighted by Crippen LogP contribution is 2.66. The topological polar surface area (TPSA) is 0 Å². The second kappa shape index (κ2) is 4.66. The molecule has 1 aliphatic carbocycles. The predicted octanol–water partition coefficient (Wildman–Crippen LogP) is 5.39. The van der Waals surface area contributed by atoms with Crippen molar-refractivity contribution >= 4 is 58.2 Å². The minimum atomic E-state index is -1.08. The van der Waals surface area contributed by atoms with Gasteiger partial charge < -0.3 is 0 Å². The van der Waals surface area contributed by atoms with Crippen molar-refractivity contribution in [3.63, 3.8) is 0 Å². The third-order valence-electron chi connectivity index (χ3n) is 1.27. The highest BCUT2D eigenvalue weighted by Gasteiger charge is 2.25. The van der Waals surface area contributed by atoms with Gasteiger partial charge in [-0.1, -0.05) is 63.2 Å². The Labute approximate surface area is 87.2 Å². The zero-order valence-electron chi connectivity index (χ0n) is 5.22. The van der Waals surface area contributed by atoms with Gasteiger partial charge in [-0.2, -0.15) is 0 Å². The molecule has 0 heterocycles. The minimum Gasteiger partial charge on any atom is -0.0771 e. The van der Waals surface area contributed by atoms with Crippen LogP contribution in [-0.4, -0.2) is 5.66 Å². The maximum Gasteiger partial charge on any atom is 0.113 e. The summed E-state index contributed by atoms with van der Waals surface area (Å²) < 4.78 is 0. The van der Waals surface area contributed by atoms with Gasteiger partial charge in [0.1, 0.15) is 6.63 Å². The van der Waals surface area contributed by atoms with E-state index in [0.717, 1.165) is 5.31 Å². The molecule has 0 saturated carbocycles. The van der Waals surface area contributed by atoms with Crippen LogP contribution < -0.4 is 0 Å². The predicted molar refractivity (Wildman–Crippen MR) is 58.3 cm³/mol. The number of halogens is 4. The van der Waals surface area contributed by atoms with Crippen molar-refractivity contribution in [2.75, 3.05) is 0 Å². The van der Waals surface area contributed by atoms with Crippen molar-refractivity contribution in [2.24, 2.45) is 0 Å². The summed E-state index contributed by atoms with van der Waals surface area (Å²) in [5, 5.41) is 0.958. The average molecular weight is 268 g/mol. The molecular weight excluding hydrogens is 264 g/mol. The van der Waals surface area contributed by atoms with Crippen molar-refractivity contribution in [1.82, 2.24) is 0 Å². The molecule has 0 aromatic heterocycles. The van der Waals surface area contributed by atoms with Gasteiger partial charge in [-0.15, -0.1) is 0 Å². The molecule has 1 unspecified atom stereocenters. The molecule has 1 aliphatic rings. The van der Waals surface area contributed by atoms with Crippen LogP contribution in [0.5, 0.6) is 0 Å². The Balaban J connectivity index is 2.69. The van der Waals surface area contributed by atoms with Gasteiger partial charge in [-0.25, -0.2) is 0 Å². The van der Waals surface area contributed by atoms with Gasteiger partial charge in [-0.05, 0) is 5.31 Å². The molecule has 0 N–H and O–H groups in total. The molecule has 0 aromatic rings. The Kier molecular flexibility index (Phi) is 4.48. The summed E-state index contributed by atoms with van der Waals surface area (Å²) in [6.45, 7) is -2.12. The summed E-state index contributed by atoms with van der Waals surface area (Å²) in [5.41, 5.74) is 0.0643. The van der Waals surface area contributed by atoms with Crippen LogP contribution in [0.1, 0.15) is 0 Å². The fourth-order valence-corrected chi connectivity index (χ4v) is 5.28. The van der Waals surface area contributed by atoms with E-state index in [1.807, 2.05) is 18.2 Å². The SMILES string of the molecule is ClP(Cl)C1=CC=CC1P(Cl)Cl. The number of allylic oxidation sites excluding steroid dienone is 4. The lowest BCUT2D eigenvalue weighted by Crippen LogP contribution is -1.93. The molecule has 11 heavy (non-hydrogen) atoms. The molecule has 0 bridgehead atoms. The molecule has 1 atom stereocenters. The van der Waals surface area contributed by atoms with E-state index in [0.29, 0.717) is 0 Å². The molecule has 0 aromatic carbocycles. The van der Waals surface area contributed by atoms with Gasteiger partial charge in [0, 0.05) is 0 Å².